The van der Waals surface area contributed by atoms with Crippen LogP contribution in [0.15, 0.2) is 91.4 Å². The number of aryl methyl sites for hydroxylation is 1. The number of carbonyl (C=O) groups excluding carboxylic acids is 2. The molecule has 0 saturated carbocycles. The molecule has 2 aromatic heterocycles. The number of fused-ring (bicyclic) bond motifs is 1. The molecule has 0 radical (unpaired) electrons. The second kappa shape index (κ2) is 15.1. The Morgan fingerprint density at radius 2 is 1.66 bits per heavy atom. The summed E-state index contributed by atoms with van der Waals surface area (Å²) in [5, 5.41) is 15.2. The highest BCUT2D eigenvalue weighted by Gasteiger charge is 2.23. The fourth-order valence-corrected chi connectivity index (χ4v) is 5.34. The first kappa shape index (κ1) is 30.7. The molecule has 2 amide bonds. The van der Waals surface area contributed by atoms with Crippen molar-refractivity contribution in [2.45, 2.75) is 58.4 Å². The summed E-state index contributed by atoms with van der Waals surface area (Å²) < 4.78 is 0. The van der Waals surface area contributed by atoms with Crippen LogP contribution < -0.4 is 21.3 Å². The third-order valence-electron chi connectivity index (χ3n) is 7.88. The van der Waals surface area contributed by atoms with E-state index < -0.39 is 6.04 Å². The lowest BCUT2D eigenvalue weighted by Crippen LogP contribution is -2.47. The van der Waals surface area contributed by atoms with Gasteiger partial charge in [-0.25, -0.2) is 4.98 Å². The molecule has 2 atom stereocenters. The fraction of sp³-hybridized carbons (Fsp3) is 0.286. The summed E-state index contributed by atoms with van der Waals surface area (Å²) in [5.74, 6) is 0.403. The Morgan fingerprint density at radius 1 is 0.841 bits per heavy atom. The SMILES string of the molecule is Cc1cc[nH]c1CNCCC[C@H](NC(=O)c1ccc(CNCc2ncc[nH]2)cc1)C(=O)NC(C)c1cccc2ccccc12. The smallest absolute Gasteiger partial charge is 0.251 e. The molecule has 0 spiro atoms. The van der Waals surface area contributed by atoms with Crippen LogP contribution in [0.3, 0.4) is 0 Å². The zero-order valence-corrected chi connectivity index (χ0v) is 25.3. The lowest BCUT2D eigenvalue weighted by atomic mass is 9.99. The molecular weight excluding hydrogens is 550 g/mol. The van der Waals surface area contributed by atoms with Crippen LogP contribution in [0.25, 0.3) is 10.8 Å². The van der Waals surface area contributed by atoms with Gasteiger partial charge >= 0.3 is 0 Å². The topological polar surface area (TPSA) is 127 Å². The molecule has 0 aliphatic carbocycles. The van der Waals surface area contributed by atoms with Crippen LogP contribution in [0.5, 0.6) is 0 Å². The number of nitrogens with zero attached hydrogens (tertiary/aromatic N) is 1. The van der Waals surface area contributed by atoms with E-state index in [-0.39, 0.29) is 17.9 Å². The monoisotopic (exact) mass is 591 g/mol. The van der Waals surface area contributed by atoms with E-state index >= 15 is 0 Å². The minimum absolute atomic E-state index is 0.197. The van der Waals surface area contributed by atoms with Gasteiger partial charge in [0.2, 0.25) is 5.91 Å². The molecule has 9 nitrogen and oxygen atoms in total. The molecule has 0 aliphatic rings. The first-order valence-electron chi connectivity index (χ1n) is 15.2. The molecule has 0 saturated heterocycles. The van der Waals surface area contributed by atoms with Gasteiger partial charge in [0.05, 0.1) is 12.6 Å². The minimum atomic E-state index is -0.677. The van der Waals surface area contributed by atoms with Crippen molar-refractivity contribution in [3.05, 3.63) is 125 Å². The number of nitrogens with one attached hydrogen (secondary N) is 6. The Hall–Kier alpha value is -4.73. The van der Waals surface area contributed by atoms with Crippen LogP contribution in [0.4, 0.5) is 0 Å². The van der Waals surface area contributed by atoms with Crippen molar-refractivity contribution < 1.29 is 9.59 Å². The Labute approximate surface area is 258 Å². The van der Waals surface area contributed by atoms with Gasteiger partial charge in [0, 0.05) is 42.9 Å². The van der Waals surface area contributed by atoms with E-state index in [0.717, 1.165) is 52.9 Å². The number of aromatic nitrogens is 3. The van der Waals surface area contributed by atoms with Gasteiger partial charge < -0.3 is 31.2 Å². The number of benzene rings is 3. The molecular formula is C35H41N7O2. The molecule has 0 bridgehead atoms. The van der Waals surface area contributed by atoms with Gasteiger partial charge in [-0.2, -0.15) is 0 Å². The third kappa shape index (κ3) is 8.21. The highest BCUT2D eigenvalue weighted by molar-refractivity contribution is 5.97. The number of hydrogen-bond donors (Lipinski definition) is 6. The van der Waals surface area contributed by atoms with Gasteiger partial charge in [-0.05, 0) is 78.9 Å². The van der Waals surface area contributed by atoms with Crippen molar-refractivity contribution in [3.8, 4) is 0 Å². The maximum Gasteiger partial charge on any atom is 0.251 e. The number of amides is 2. The summed E-state index contributed by atoms with van der Waals surface area (Å²) >= 11 is 0. The zero-order valence-electron chi connectivity index (χ0n) is 25.3. The van der Waals surface area contributed by atoms with Gasteiger partial charge in [0.25, 0.3) is 5.91 Å². The summed E-state index contributed by atoms with van der Waals surface area (Å²) in [4.78, 5) is 37.5. The lowest BCUT2D eigenvalue weighted by Gasteiger charge is -2.23. The standard InChI is InChI=1S/C35H41N7O2/c1-24-16-18-38-32(24)22-36-17-6-11-31(35(44)41-25(2)29-10-5-8-27-7-3-4-9-30(27)29)42-34(43)28-14-12-26(13-15-28)21-37-23-33-39-19-20-40-33/h3-5,7-10,12-16,18-20,25,31,36-38H,6,11,17,21-23H2,1-2H3,(H,39,40)(H,41,44)(H,42,43)/t25?,31-/m0/s1. The Kier molecular flexibility index (Phi) is 10.6. The summed E-state index contributed by atoms with van der Waals surface area (Å²) in [6.07, 6.45) is 6.68. The van der Waals surface area contributed by atoms with E-state index in [1.54, 1.807) is 24.5 Å². The van der Waals surface area contributed by atoms with E-state index in [1.165, 1.54) is 5.56 Å². The maximum atomic E-state index is 13.6. The normalized spacial score (nSPS) is 12.6. The van der Waals surface area contributed by atoms with Gasteiger partial charge in [0.15, 0.2) is 0 Å². The molecule has 0 aliphatic heterocycles. The zero-order chi connectivity index (χ0) is 30.7. The number of imidazole rings is 1. The van der Waals surface area contributed by atoms with Crippen molar-refractivity contribution in [1.29, 1.82) is 0 Å². The third-order valence-corrected chi connectivity index (χ3v) is 7.88. The first-order chi connectivity index (χ1) is 21.5. The predicted molar refractivity (Wildman–Crippen MR) is 174 cm³/mol. The van der Waals surface area contributed by atoms with E-state index in [9.17, 15) is 9.59 Å². The number of H-pyrrole nitrogens is 2. The van der Waals surface area contributed by atoms with Crippen molar-refractivity contribution in [2.24, 2.45) is 0 Å². The fourth-order valence-electron chi connectivity index (χ4n) is 5.34. The quantitative estimate of drug-likeness (QED) is 0.0952. The van der Waals surface area contributed by atoms with E-state index in [2.05, 4.69) is 61.3 Å². The van der Waals surface area contributed by atoms with Gasteiger partial charge in [0.1, 0.15) is 11.9 Å². The summed E-state index contributed by atoms with van der Waals surface area (Å²) in [7, 11) is 0. The van der Waals surface area contributed by atoms with E-state index in [0.29, 0.717) is 25.1 Å². The van der Waals surface area contributed by atoms with Crippen molar-refractivity contribution >= 4 is 22.6 Å². The highest BCUT2D eigenvalue weighted by atomic mass is 16.2. The summed E-state index contributed by atoms with van der Waals surface area (Å²) in [5.41, 5.74) is 4.97. The van der Waals surface area contributed by atoms with Crippen molar-refractivity contribution in [2.75, 3.05) is 6.54 Å². The molecule has 44 heavy (non-hydrogen) atoms. The lowest BCUT2D eigenvalue weighted by molar-refractivity contribution is -0.123. The van der Waals surface area contributed by atoms with Crippen LogP contribution in [-0.2, 0) is 24.4 Å². The second-order valence-corrected chi connectivity index (χ2v) is 11.1. The summed E-state index contributed by atoms with van der Waals surface area (Å²) in [6, 6.07) is 22.9. The van der Waals surface area contributed by atoms with Gasteiger partial charge in [-0.1, -0.05) is 54.6 Å². The average Bonchev–Trinajstić information content (AvgIpc) is 3.71. The number of hydrogen-bond acceptors (Lipinski definition) is 5. The summed E-state index contributed by atoms with van der Waals surface area (Å²) in [6.45, 7) is 6.78. The molecule has 6 N–H and O–H groups in total. The Bertz CT molecular complexity index is 1640. The number of carbonyl (C=O) groups is 2. The maximum absolute atomic E-state index is 13.6. The number of aromatic amines is 2. The molecule has 2 heterocycles. The van der Waals surface area contributed by atoms with Crippen LogP contribution in [0, 0.1) is 6.92 Å². The highest BCUT2D eigenvalue weighted by Crippen LogP contribution is 2.24. The van der Waals surface area contributed by atoms with Crippen molar-refractivity contribution in [1.82, 2.24) is 36.2 Å². The molecule has 5 aromatic rings. The Morgan fingerprint density at radius 3 is 2.43 bits per heavy atom. The molecule has 9 heteroatoms. The minimum Gasteiger partial charge on any atom is -0.364 e. The first-order valence-corrected chi connectivity index (χ1v) is 15.2. The second-order valence-electron chi connectivity index (χ2n) is 11.1. The van der Waals surface area contributed by atoms with Gasteiger partial charge in [-0.3, -0.25) is 9.59 Å². The van der Waals surface area contributed by atoms with Crippen LogP contribution in [-0.4, -0.2) is 39.4 Å². The van der Waals surface area contributed by atoms with E-state index in [4.69, 9.17) is 0 Å². The Balaban J connectivity index is 1.20. The van der Waals surface area contributed by atoms with Crippen LogP contribution in [0.2, 0.25) is 0 Å². The number of rotatable bonds is 15. The van der Waals surface area contributed by atoms with Gasteiger partial charge in [-0.15, -0.1) is 0 Å². The average molecular weight is 592 g/mol. The van der Waals surface area contributed by atoms with Crippen LogP contribution in [0.1, 0.15) is 64.4 Å². The predicted octanol–water partition coefficient (Wildman–Crippen LogP) is 5.04. The largest absolute Gasteiger partial charge is 0.364 e. The molecule has 1 unspecified atom stereocenters. The van der Waals surface area contributed by atoms with E-state index in [1.807, 2.05) is 55.6 Å². The molecule has 5 rings (SSSR count). The molecule has 0 fully saturated rings. The molecule has 228 valence electrons. The van der Waals surface area contributed by atoms with Crippen LogP contribution >= 0.6 is 0 Å². The van der Waals surface area contributed by atoms with Crippen molar-refractivity contribution in [3.63, 3.8) is 0 Å². The molecule has 3 aromatic carbocycles.